The minimum absolute atomic E-state index is 0.0977. The average molecular weight is 328 g/mol. The number of anilines is 1. The Morgan fingerprint density at radius 3 is 2.52 bits per heavy atom. The lowest BCUT2D eigenvalue weighted by atomic mass is 10.2. The van der Waals surface area contributed by atoms with E-state index in [4.69, 9.17) is 11.6 Å². The van der Waals surface area contributed by atoms with Crippen LogP contribution in [-0.4, -0.2) is 18.2 Å². The second-order valence-electron chi connectivity index (χ2n) is 5.22. The highest BCUT2D eigenvalue weighted by Gasteiger charge is 2.21. The molecule has 0 atom stereocenters. The van der Waals surface area contributed by atoms with Gasteiger partial charge in [0.05, 0.1) is 11.4 Å². The quantitative estimate of drug-likeness (QED) is 0.934. The lowest BCUT2D eigenvalue weighted by Crippen LogP contribution is -2.14. The Kier molecular flexibility index (Phi) is 4.30. The molecule has 21 heavy (non-hydrogen) atoms. The molecular weight excluding hydrogens is 310 g/mol. The largest absolute Gasteiger partial charge is 0.279 e. The highest BCUT2D eigenvalue weighted by Crippen LogP contribution is 2.24. The van der Waals surface area contributed by atoms with E-state index in [0.29, 0.717) is 16.4 Å². The van der Waals surface area contributed by atoms with Crippen LogP contribution < -0.4 is 4.72 Å². The lowest BCUT2D eigenvalue weighted by Gasteiger charge is -2.10. The standard InChI is InChI=1S/C14H18ClN3O2S/c1-9(2)18-8-14(11(4)16-18)21(19,20)17-13-7-12(15)6-5-10(13)3/h5-9,17H,1-4H3. The smallest absolute Gasteiger partial charge is 0.265 e. The number of sulfonamides is 1. The zero-order valence-electron chi connectivity index (χ0n) is 12.4. The molecule has 1 heterocycles. The van der Waals surface area contributed by atoms with Crippen LogP contribution in [0.15, 0.2) is 29.3 Å². The molecule has 0 spiro atoms. The minimum Gasteiger partial charge on any atom is -0.279 e. The molecule has 0 aliphatic rings. The second-order valence-corrected chi connectivity index (χ2v) is 7.30. The van der Waals surface area contributed by atoms with Crippen molar-refractivity contribution in [2.45, 2.75) is 38.6 Å². The van der Waals surface area contributed by atoms with Crippen LogP contribution in [0.2, 0.25) is 5.02 Å². The van der Waals surface area contributed by atoms with Crippen LogP contribution in [0, 0.1) is 13.8 Å². The van der Waals surface area contributed by atoms with Crippen molar-refractivity contribution in [3.63, 3.8) is 0 Å². The van der Waals surface area contributed by atoms with E-state index in [9.17, 15) is 8.42 Å². The molecule has 0 aliphatic heterocycles. The maximum absolute atomic E-state index is 12.5. The fourth-order valence-electron chi connectivity index (χ4n) is 1.90. The second kappa shape index (κ2) is 5.69. The summed E-state index contributed by atoms with van der Waals surface area (Å²) in [4.78, 5) is 0.176. The Labute approximate surface area is 130 Å². The van der Waals surface area contributed by atoms with Gasteiger partial charge in [-0.3, -0.25) is 9.40 Å². The Hall–Kier alpha value is -1.53. The van der Waals surface area contributed by atoms with E-state index in [-0.39, 0.29) is 10.9 Å². The van der Waals surface area contributed by atoms with Crippen molar-refractivity contribution in [1.29, 1.82) is 0 Å². The van der Waals surface area contributed by atoms with Gasteiger partial charge < -0.3 is 0 Å². The molecule has 1 N–H and O–H groups in total. The Balaban J connectivity index is 2.41. The van der Waals surface area contributed by atoms with E-state index in [1.165, 1.54) is 0 Å². The van der Waals surface area contributed by atoms with Gasteiger partial charge in [-0.05, 0) is 45.4 Å². The number of nitrogens with zero attached hydrogens (tertiary/aromatic N) is 2. The van der Waals surface area contributed by atoms with Crippen molar-refractivity contribution < 1.29 is 8.42 Å². The summed E-state index contributed by atoms with van der Waals surface area (Å²) in [5, 5.41) is 4.71. The summed E-state index contributed by atoms with van der Waals surface area (Å²) in [6.07, 6.45) is 1.54. The number of hydrogen-bond acceptors (Lipinski definition) is 3. The average Bonchev–Trinajstić information content (AvgIpc) is 2.77. The summed E-state index contributed by atoms with van der Waals surface area (Å²) in [6, 6.07) is 5.18. The number of rotatable bonds is 4. The topological polar surface area (TPSA) is 64.0 Å². The summed E-state index contributed by atoms with van der Waals surface area (Å²) in [5.41, 5.74) is 1.74. The molecule has 5 nitrogen and oxygen atoms in total. The zero-order chi connectivity index (χ0) is 15.8. The van der Waals surface area contributed by atoms with Gasteiger partial charge in [0.15, 0.2) is 0 Å². The molecule has 7 heteroatoms. The van der Waals surface area contributed by atoms with Gasteiger partial charge in [-0.25, -0.2) is 8.42 Å². The third-order valence-corrected chi connectivity index (χ3v) is 4.84. The molecule has 0 bridgehead atoms. The molecule has 0 saturated heterocycles. The third kappa shape index (κ3) is 3.39. The van der Waals surface area contributed by atoms with Crippen molar-refractivity contribution >= 4 is 27.3 Å². The molecule has 1 aromatic heterocycles. The van der Waals surface area contributed by atoms with Gasteiger partial charge >= 0.3 is 0 Å². The molecular formula is C14H18ClN3O2S. The van der Waals surface area contributed by atoms with Crippen LogP contribution in [0.5, 0.6) is 0 Å². The first-order chi connectivity index (χ1) is 9.70. The van der Waals surface area contributed by atoms with E-state index in [0.717, 1.165) is 5.56 Å². The predicted molar refractivity (Wildman–Crippen MR) is 84.3 cm³/mol. The molecule has 1 aromatic carbocycles. The molecule has 0 radical (unpaired) electrons. The van der Waals surface area contributed by atoms with Crippen LogP contribution in [0.1, 0.15) is 31.1 Å². The normalized spacial score (nSPS) is 11.9. The summed E-state index contributed by atoms with van der Waals surface area (Å²) in [6.45, 7) is 7.38. The fraction of sp³-hybridized carbons (Fsp3) is 0.357. The number of hydrogen-bond donors (Lipinski definition) is 1. The van der Waals surface area contributed by atoms with Gasteiger partial charge in [-0.1, -0.05) is 17.7 Å². The summed E-state index contributed by atoms with van der Waals surface area (Å²) >= 11 is 5.92. The highest BCUT2D eigenvalue weighted by molar-refractivity contribution is 7.92. The van der Waals surface area contributed by atoms with Gasteiger partial charge in [0.2, 0.25) is 0 Å². The van der Waals surface area contributed by atoms with E-state index in [2.05, 4.69) is 9.82 Å². The van der Waals surface area contributed by atoms with Gasteiger partial charge in [-0.2, -0.15) is 5.10 Å². The maximum Gasteiger partial charge on any atom is 0.265 e. The third-order valence-electron chi connectivity index (χ3n) is 3.13. The van der Waals surface area contributed by atoms with E-state index in [1.807, 2.05) is 20.8 Å². The Bertz CT molecular complexity index is 767. The van der Waals surface area contributed by atoms with Crippen LogP contribution in [-0.2, 0) is 10.0 Å². The first-order valence-corrected chi connectivity index (χ1v) is 8.41. The summed E-state index contributed by atoms with van der Waals surface area (Å²) in [7, 11) is -3.69. The monoisotopic (exact) mass is 327 g/mol. The van der Waals surface area contributed by atoms with E-state index < -0.39 is 10.0 Å². The van der Waals surface area contributed by atoms with Crippen molar-refractivity contribution in [3.05, 3.63) is 40.7 Å². The van der Waals surface area contributed by atoms with Crippen molar-refractivity contribution in [2.24, 2.45) is 0 Å². The zero-order valence-corrected chi connectivity index (χ0v) is 14.0. The van der Waals surface area contributed by atoms with Gasteiger partial charge in [0, 0.05) is 17.3 Å². The van der Waals surface area contributed by atoms with Crippen LogP contribution >= 0.6 is 11.6 Å². The predicted octanol–water partition coefficient (Wildman–Crippen LogP) is 3.54. The minimum atomic E-state index is -3.69. The summed E-state index contributed by atoms with van der Waals surface area (Å²) in [5.74, 6) is 0. The number of nitrogens with one attached hydrogen (secondary N) is 1. The molecule has 0 fully saturated rings. The van der Waals surface area contributed by atoms with Crippen LogP contribution in [0.3, 0.4) is 0 Å². The molecule has 2 rings (SSSR count). The van der Waals surface area contributed by atoms with E-state index >= 15 is 0 Å². The Morgan fingerprint density at radius 1 is 1.29 bits per heavy atom. The van der Waals surface area contributed by atoms with Crippen LogP contribution in [0.25, 0.3) is 0 Å². The van der Waals surface area contributed by atoms with Crippen molar-refractivity contribution in [3.8, 4) is 0 Å². The molecule has 0 amide bonds. The molecule has 2 aromatic rings. The SMILES string of the molecule is Cc1ccc(Cl)cc1NS(=O)(=O)c1cn(C(C)C)nc1C. The molecule has 0 aliphatic carbocycles. The van der Waals surface area contributed by atoms with Gasteiger partial charge in [-0.15, -0.1) is 0 Å². The highest BCUT2D eigenvalue weighted by atomic mass is 35.5. The summed E-state index contributed by atoms with van der Waals surface area (Å²) < 4.78 is 29.2. The van der Waals surface area contributed by atoms with E-state index in [1.54, 1.807) is 36.0 Å². The number of aryl methyl sites for hydroxylation is 2. The van der Waals surface area contributed by atoms with Gasteiger partial charge in [0.1, 0.15) is 4.90 Å². The molecule has 0 saturated carbocycles. The maximum atomic E-state index is 12.5. The van der Waals surface area contributed by atoms with Crippen LogP contribution in [0.4, 0.5) is 5.69 Å². The Morgan fingerprint density at radius 2 is 1.95 bits per heavy atom. The number of benzene rings is 1. The lowest BCUT2D eigenvalue weighted by molar-refractivity contribution is 0.528. The fourth-order valence-corrected chi connectivity index (χ4v) is 3.37. The number of aromatic nitrogens is 2. The van der Waals surface area contributed by atoms with Gasteiger partial charge in [0.25, 0.3) is 10.0 Å². The molecule has 114 valence electrons. The number of halogens is 1. The van der Waals surface area contributed by atoms with Crippen molar-refractivity contribution in [2.75, 3.05) is 4.72 Å². The first kappa shape index (κ1) is 15.9. The van der Waals surface area contributed by atoms with Crippen molar-refractivity contribution in [1.82, 2.24) is 9.78 Å². The first-order valence-electron chi connectivity index (χ1n) is 6.55. The molecule has 0 unspecified atom stereocenters.